The van der Waals surface area contributed by atoms with Crippen LogP contribution in [0.15, 0.2) is 18.2 Å². The van der Waals surface area contributed by atoms with E-state index in [1.807, 2.05) is 0 Å². The fraction of sp³-hybridized carbons (Fsp3) is 0.625. The van der Waals surface area contributed by atoms with E-state index < -0.39 is 15.8 Å². The molecule has 0 bridgehead atoms. The van der Waals surface area contributed by atoms with Crippen LogP contribution < -0.4 is 5.32 Å². The number of piperidine rings is 1. The lowest BCUT2D eigenvalue weighted by Gasteiger charge is -2.33. The first-order valence-corrected chi connectivity index (χ1v) is 9.85. The van der Waals surface area contributed by atoms with Gasteiger partial charge in [-0.1, -0.05) is 0 Å². The molecule has 1 heterocycles. The maximum atomic E-state index is 14.1. The van der Waals surface area contributed by atoms with Gasteiger partial charge in [-0.05, 0) is 49.8 Å². The normalized spacial score (nSPS) is 22.2. The molecule has 2 aliphatic rings. The molecular weight excluding hydrogens is 322 g/mol. The van der Waals surface area contributed by atoms with Gasteiger partial charge in [-0.2, -0.15) is 0 Å². The second-order valence-electron chi connectivity index (χ2n) is 6.58. The third-order valence-electron chi connectivity index (χ3n) is 4.72. The lowest BCUT2D eigenvalue weighted by Crippen LogP contribution is -2.45. The number of benzene rings is 1. The number of nitrogens with one attached hydrogen (secondary N) is 1. The number of rotatable bonds is 5. The molecule has 1 aliphatic heterocycles. The van der Waals surface area contributed by atoms with E-state index in [0.717, 1.165) is 18.9 Å². The Balaban J connectivity index is 1.69. The average molecular weight is 344 g/mol. The molecule has 1 N–H and O–H groups in total. The molecule has 1 unspecified atom stereocenters. The smallest absolute Gasteiger partial charge is 0.211 e. The predicted molar refractivity (Wildman–Crippen MR) is 84.4 cm³/mol. The Kier molecular flexibility index (Phi) is 4.71. The van der Waals surface area contributed by atoms with Gasteiger partial charge in [0.05, 0.1) is 6.26 Å². The molecule has 3 rings (SSSR count). The summed E-state index contributed by atoms with van der Waals surface area (Å²) in [6, 6.07) is 3.51. The van der Waals surface area contributed by atoms with Crippen molar-refractivity contribution >= 4 is 10.0 Å². The quantitative estimate of drug-likeness (QED) is 0.892. The summed E-state index contributed by atoms with van der Waals surface area (Å²) in [6.07, 6.45) is 4.61. The van der Waals surface area contributed by atoms with Crippen molar-refractivity contribution in [3.63, 3.8) is 0 Å². The Hall–Kier alpha value is -1.05. The fourth-order valence-corrected chi connectivity index (χ4v) is 4.14. The van der Waals surface area contributed by atoms with Crippen LogP contribution in [0.1, 0.15) is 37.3 Å². The zero-order chi connectivity index (χ0) is 16.6. The molecule has 1 aromatic rings. The maximum absolute atomic E-state index is 14.1. The Bertz CT molecular complexity index is 669. The number of hydrogen-bond acceptors (Lipinski definition) is 3. The van der Waals surface area contributed by atoms with Gasteiger partial charge < -0.3 is 5.32 Å². The topological polar surface area (TPSA) is 49.4 Å². The molecule has 128 valence electrons. The van der Waals surface area contributed by atoms with Crippen molar-refractivity contribution in [2.24, 2.45) is 5.92 Å². The highest BCUT2D eigenvalue weighted by molar-refractivity contribution is 7.88. The summed E-state index contributed by atoms with van der Waals surface area (Å²) in [7, 11) is -3.15. The highest BCUT2D eigenvalue weighted by Crippen LogP contribution is 2.42. The first kappa shape index (κ1) is 16.8. The van der Waals surface area contributed by atoms with Gasteiger partial charge in [-0.15, -0.1) is 0 Å². The standard InChI is InChI=1S/C16H22F2N2O2S/c1-23(21,22)20-8-6-13(7-9-20)19-16(11-2-3-11)14-10-12(17)4-5-15(14)18/h4-5,10-11,13,16,19H,2-3,6-9H2,1H3. The lowest BCUT2D eigenvalue weighted by atomic mass is 9.98. The van der Waals surface area contributed by atoms with Crippen molar-refractivity contribution in [1.82, 2.24) is 9.62 Å². The van der Waals surface area contributed by atoms with Crippen molar-refractivity contribution < 1.29 is 17.2 Å². The molecule has 1 aliphatic carbocycles. The molecule has 23 heavy (non-hydrogen) atoms. The summed E-state index contributed by atoms with van der Waals surface area (Å²) < 4.78 is 52.1. The Labute approximate surface area is 135 Å². The van der Waals surface area contributed by atoms with Crippen LogP contribution in [-0.2, 0) is 10.0 Å². The second-order valence-corrected chi connectivity index (χ2v) is 8.57. The summed E-state index contributed by atoms with van der Waals surface area (Å²) in [5.41, 5.74) is 0.387. The van der Waals surface area contributed by atoms with Crippen LogP contribution in [0.5, 0.6) is 0 Å². The lowest BCUT2D eigenvalue weighted by molar-refractivity contribution is 0.265. The molecule has 1 aromatic carbocycles. The summed E-state index contributed by atoms with van der Waals surface area (Å²) in [4.78, 5) is 0. The number of nitrogens with zero attached hydrogens (tertiary/aromatic N) is 1. The van der Waals surface area contributed by atoms with Gasteiger partial charge in [0, 0.05) is 30.7 Å². The van der Waals surface area contributed by atoms with Crippen LogP contribution in [0.4, 0.5) is 8.78 Å². The van der Waals surface area contributed by atoms with Gasteiger partial charge in [0.25, 0.3) is 0 Å². The minimum atomic E-state index is -3.15. The average Bonchev–Trinajstić information content (AvgIpc) is 3.32. The zero-order valence-electron chi connectivity index (χ0n) is 13.1. The molecule has 2 fully saturated rings. The van der Waals surface area contributed by atoms with E-state index in [4.69, 9.17) is 0 Å². The van der Waals surface area contributed by atoms with Crippen molar-refractivity contribution in [1.29, 1.82) is 0 Å². The van der Waals surface area contributed by atoms with Crippen LogP contribution in [0.2, 0.25) is 0 Å². The molecular formula is C16H22F2N2O2S. The molecule has 1 saturated heterocycles. The summed E-state index contributed by atoms with van der Waals surface area (Å²) in [6.45, 7) is 0.943. The van der Waals surface area contributed by atoms with E-state index in [1.165, 1.54) is 22.7 Å². The maximum Gasteiger partial charge on any atom is 0.211 e. The third kappa shape index (κ3) is 4.08. The van der Waals surface area contributed by atoms with E-state index >= 15 is 0 Å². The third-order valence-corrected chi connectivity index (χ3v) is 6.03. The van der Waals surface area contributed by atoms with Gasteiger partial charge in [-0.25, -0.2) is 21.5 Å². The minimum Gasteiger partial charge on any atom is -0.307 e. The largest absolute Gasteiger partial charge is 0.307 e. The summed E-state index contributed by atoms with van der Waals surface area (Å²) in [5, 5.41) is 3.45. The SMILES string of the molecule is CS(=O)(=O)N1CCC(NC(c2cc(F)ccc2F)C2CC2)CC1. The number of hydrogen-bond donors (Lipinski definition) is 1. The van der Waals surface area contributed by atoms with Gasteiger partial charge in [0.2, 0.25) is 10.0 Å². The zero-order valence-corrected chi connectivity index (χ0v) is 14.0. The van der Waals surface area contributed by atoms with E-state index in [2.05, 4.69) is 5.32 Å². The summed E-state index contributed by atoms with van der Waals surface area (Å²) in [5.74, 6) is -0.482. The molecule has 1 atom stereocenters. The van der Waals surface area contributed by atoms with E-state index in [0.29, 0.717) is 37.4 Å². The van der Waals surface area contributed by atoms with Gasteiger partial charge in [0.1, 0.15) is 11.6 Å². The van der Waals surface area contributed by atoms with Crippen LogP contribution >= 0.6 is 0 Å². The first-order valence-electron chi connectivity index (χ1n) is 8.00. The highest BCUT2D eigenvalue weighted by Gasteiger charge is 2.36. The molecule has 0 amide bonds. The minimum absolute atomic E-state index is 0.126. The second kappa shape index (κ2) is 6.45. The number of halogens is 2. The van der Waals surface area contributed by atoms with Crippen LogP contribution in [0.3, 0.4) is 0 Å². The van der Waals surface area contributed by atoms with Gasteiger partial charge >= 0.3 is 0 Å². The van der Waals surface area contributed by atoms with Crippen LogP contribution in [0.25, 0.3) is 0 Å². The van der Waals surface area contributed by atoms with E-state index in [9.17, 15) is 17.2 Å². The Morgan fingerprint density at radius 3 is 2.39 bits per heavy atom. The van der Waals surface area contributed by atoms with Gasteiger partial charge in [-0.3, -0.25) is 0 Å². The fourth-order valence-electron chi connectivity index (χ4n) is 3.27. The van der Waals surface area contributed by atoms with Crippen molar-refractivity contribution in [3.05, 3.63) is 35.4 Å². The van der Waals surface area contributed by atoms with Crippen LogP contribution in [0, 0.1) is 17.6 Å². The monoisotopic (exact) mass is 344 g/mol. The molecule has 1 saturated carbocycles. The van der Waals surface area contributed by atoms with E-state index in [-0.39, 0.29) is 17.9 Å². The Morgan fingerprint density at radius 2 is 1.83 bits per heavy atom. The highest BCUT2D eigenvalue weighted by atomic mass is 32.2. The first-order chi connectivity index (χ1) is 10.8. The van der Waals surface area contributed by atoms with Crippen molar-refractivity contribution in [2.45, 2.75) is 37.8 Å². The van der Waals surface area contributed by atoms with E-state index in [1.54, 1.807) is 0 Å². The Morgan fingerprint density at radius 1 is 1.17 bits per heavy atom. The molecule has 0 spiro atoms. The number of sulfonamides is 1. The van der Waals surface area contributed by atoms with Crippen LogP contribution in [-0.4, -0.2) is 38.1 Å². The van der Waals surface area contributed by atoms with Crippen molar-refractivity contribution in [2.75, 3.05) is 19.3 Å². The summed E-state index contributed by atoms with van der Waals surface area (Å²) >= 11 is 0. The van der Waals surface area contributed by atoms with Crippen molar-refractivity contribution in [3.8, 4) is 0 Å². The predicted octanol–water partition coefficient (Wildman–Crippen LogP) is 2.43. The van der Waals surface area contributed by atoms with Gasteiger partial charge in [0.15, 0.2) is 0 Å². The molecule has 0 radical (unpaired) electrons. The molecule has 7 heteroatoms. The molecule has 4 nitrogen and oxygen atoms in total. The molecule has 0 aromatic heterocycles.